The number of hydrogen-bond donors (Lipinski definition) is 1. The molecule has 0 aliphatic carbocycles. The zero-order valence-electron chi connectivity index (χ0n) is 20.0. The maximum atomic E-state index is 15.0. The van der Waals surface area contributed by atoms with E-state index >= 15 is 0 Å². The lowest BCUT2D eigenvalue weighted by atomic mass is 10.00. The zero-order valence-corrected chi connectivity index (χ0v) is 23.3. The first-order chi connectivity index (χ1) is 17.2. The van der Waals surface area contributed by atoms with Gasteiger partial charge >= 0.3 is 0 Å². The zero-order chi connectivity index (χ0) is 25.4. The highest BCUT2D eigenvalue weighted by Gasteiger charge is 2.21. The van der Waals surface area contributed by atoms with Gasteiger partial charge in [-0.25, -0.2) is 9.37 Å². The molecule has 2 unspecified atom stereocenters. The predicted octanol–water partition coefficient (Wildman–Crippen LogP) is 5.42. The second-order valence-corrected chi connectivity index (χ2v) is 13.6. The molecule has 36 heavy (non-hydrogen) atoms. The normalized spacial score (nSPS) is 15.6. The number of anilines is 2. The largest absolute Gasteiger partial charge is 0.378 e. The third-order valence-electron chi connectivity index (χ3n) is 6.26. The van der Waals surface area contributed by atoms with E-state index in [4.69, 9.17) is 4.74 Å². The fraction of sp³-hybridized carbons (Fsp3) is 0.269. The Labute approximate surface area is 224 Å². The number of ether oxygens (including phenoxy) is 1. The molecule has 3 aromatic heterocycles. The number of alkyl halides is 1. The van der Waals surface area contributed by atoms with Gasteiger partial charge in [-0.3, -0.25) is 9.78 Å². The summed E-state index contributed by atoms with van der Waals surface area (Å²) in [5, 5.41) is 2.74. The van der Waals surface area contributed by atoms with Crippen LogP contribution in [-0.4, -0.2) is 46.6 Å². The van der Waals surface area contributed by atoms with Crippen LogP contribution in [0.25, 0.3) is 16.8 Å². The Kier molecular flexibility index (Phi) is 6.98. The second kappa shape index (κ2) is 10.0. The minimum absolute atomic E-state index is 0.118. The SMILES string of the molecule is Cc1cc(F)c(NC(=O)c2cncc(C(C)(P)I)c2)cc1-c1cc(N2CCOCC2)c2nccn2c1. The Balaban J connectivity index is 1.51. The summed E-state index contributed by atoms with van der Waals surface area (Å²) >= 11 is 2.26. The summed E-state index contributed by atoms with van der Waals surface area (Å²) in [5.74, 6) is -0.904. The van der Waals surface area contributed by atoms with Gasteiger partial charge in [-0.15, -0.1) is 9.24 Å². The van der Waals surface area contributed by atoms with Crippen molar-refractivity contribution in [1.29, 1.82) is 0 Å². The van der Waals surface area contributed by atoms with E-state index in [1.807, 2.05) is 30.6 Å². The number of hydrogen-bond acceptors (Lipinski definition) is 5. The van der Waals surface area contributed by atoms with Crippen LogP contribution in [0.4, 0.5) is 15.8 Å². The van der Waals surface area contributed by atoms with Gasteiger partial charge in [0.25, 0.3) is 5.91 Å². The first-order valence-corrected chi connectivity index (χ1v) is 13.2. The second-order valence-electron chi connectivity index (χ2n) is 9.01. The number of carbonyl (C=O) groups excluding carboxylic acids is 1. The Morgan fingerprint density at radius 3 is 2.75 bits per heavy atom. The molecular weight excluding hydrogens is 591 g/mol. The number of imidazole rings is 1. The number of amides is 1. The molecule has 0 bridgehead atoms. The van der Waals surface area contributed by atoms with Crippen molar-refractivity contribution in [3.8, 4) is 11.1 Å². The van der Waals surface area contributed by atoms with Gasteiger partial charge in [0.1, 0.15) is 5.82 Å². The Hall–Kier alpha value is -2.62. The van der Waals surface area contributed by atoms with Gasteiger partial charge in [0.2, 0.25) is 0 Å². The summed E-state index contributed by atoms with van der Waals surface area (Å²) < 4.78 is 22.2. The van der Waals surface area contributed by atoms with Crippen LogP contribution in [0.3, 0.4) is 0 Å². The number of pyridine rings is 2. The Morgan fingerprint density at radius 2 is 2.00 bits per heavy atom. The molecule has 0 radical (unpaired) electrons. The maximum Gasteiger partial charge on any atom is 0.257 e. The molecule has 5 rings (SSSR count). The Bertz CT molecular complexity index is 1450. The topological polar surface area (TPSA) is 71.8 Å². The highest BCUT2D eigenvalue weighted by Crippen LogP contribution is 2.38. The van der Waals surface area contributed by atoms with Crippen LogP contribution in [0, 0.1) is 12.7 Å². The van der Waals surface area contributed by atoms with Gasteiger partial charge in [0.15, 0.2) is 5.65 Å². The molecule has 1 fully saturated rings. The van der Waals surface area contributed by atoms with E-state index in [1.165, 1.54) is 12.3 Å². The maximum absolute atomic E-state index is 15.0. The molecule has 10 heteroatoms. The molecule has 1 N–H and O–H groups in total. The lowest BCUT2D eigenvalue weighted by Gasteiger charge is -2.29. The van der Waals surface area contributed by atoms with Crippen molar-refractivity contribution < 1.29 is 13.9 Å². The highest BCUT2D eigenvalue weighted by molar-refractivity contribution is 14.1. The number of aromatic nitrogens is 3. The van der Waals surface area contributed by atoms with E-state index in [9.17, 15) is 9.18 Å². The van der Waals surface area contributed by atoms with Gasteiger partial charge in [0, 0.05) is 49.6 Å². The summed E-state index contributed by atoms with van der Waals surface area (Å²) in [6.45, 7) is 6.73. The van der Waals surface area contributed by atoms with E-state index in [1.54, 1.807) is 24.5 Å². The summed E-state index contributed by atoms with van der Waals surface area (Å²) in [5.41, 5.74) is 5.73. The number of fused-ring (bicyclic) bond motifs is 1. The van der Waals surface area contributed by atoms with E-state index in [0.29, 0.717) is 18.8 Å². The van der Waals surface area contributed by atoms with Gasteiger partial charge in [-0.05, 0) is 54.8 Å². The monoisotopic (exact) mass is 617 g/mol. The van der Waals surface area contributed by atoms with Crippen LogP contribution >= 0.6 is 31.8 Å². The third-order valence-corrected chi connectivity index (χ3v) is 7.21. The van der Waals surface area contributed by atoms with Gasteiger partial charge in [-0.1, -0.05) is 22.6 Å². The summed E-state index contributed by atoms with van der Waals surface area (Å²) in [6, 6.07) is 7.00. The first-order valence-electron chi connectivity index (χ1n) is 11.6. The molecule has 7 nitrogen and oxygen atoms in total. The van der Waals surface area contributed by atoms with Crippen molar-refractivity contribution in [3.05, 3.63) is 77.8 Å². The minimum atomic E-state index is -0.490. The molecular formula is C26H26FIN5O2P. The van der Waals surface area contributed by atoms with Crippen molar-refractivity contribution in [3.63, 3.8) is 0 Å². The average molecular weight is 617 g/mol. The minimum Gasteiger partial charge on any atom is -0.378 e. The fourth-order valence-corrected chi connectivity index (χ4v) is 4.76. The number of aryl methyl sites for hydroxylation is 1. The molecule has 1 aromatic carbocycles. The third kappa shape index (κ3) is 5.10. The van der Waals surface area contributed by atoms with Gasteiger partial charge in [-0.2, -0.15) is 0 Å². The number of benzene rings is 1. The molecule has 186 valence electrons. The van der Waals surface area contributed by atoms with E-state index in [0.717, 1.165) is 46.7 Å². The molecule has 4 aromatic rings. The van der Waals surface area contributed by atoms with Gasteiger partial charge < -0.3 is 19.4 Å². The summed E-state index contributed by atoms with van der Waals surface area (Å²) in [4.78, 5) is 24.0. The molecule has 4 heterocycles. The Morgan fingerprint density at radius 1 is 1.22 bits per heavy atom. The molecule has 1 aliphatic heterocycles. The van der Waals surface area contributed by atoms with Crippen molar-refractivity contribution in [2.75, 3.05) is 36.5 Å². The predicted molar refractivity (Wildman–Crippen MR) is 152 cm³/mol. The lowest BCUT2D eigenvalue weighted by Crippen LogP contribution is -2.36. The number of morpholine rings is 1. The van der Waals surface area contributed by atoms with E-state index in [-0.39, 0.29) is 8.85 Å². The molecule has 0 spiro atoms. The first kappa shape index (κ1) is 25.0. The lowest BCUT2D eigenvalue weighted by molar-refractivity contribution is 0.102. The van der Waals surface area contributed by atoms with Gasteiger partial charge in [0.05, 0.1) is 33.3 Å². The molecule has 1 amide bonds. The van der Waals surface area contributed by atoms with E-state index < -0.39 is 11.7 Å². The number of halogens is 2. The fourth-order valence-electron chi connectivity index (χ4n) is 4.30. The summed E-state index contributed by atoms with van der Waals surface area (Å²) in [6.07, 6.45) is 8.85. The number of nitrogens with zero attached hydrogens (tertiary/aromatic N) is 4. The van der Waals surface area contributed by atoms with Crippen molar-refractivity contribution in [1.82, 2.24) is 14.4 Å². The molecule has 1 aliphatic rings. The number of rotatable bonds is 5. The number of nitrogens with one attached hydrogen (secondary N) is 1. The number of carbonyl (C=O) groups is 1. The van der Waals surface area contributed by atoms with Crippen LogP contribution in [-0.2, 0) is 7.90 Å². The molecule has 2 atom stereocenters. The van der Waals surface area contributed by atoms with E-state index in [2.05, 4.69) is 58.1 Å². The summed E-state index contributed by atoms with van der Waals surface area (Å²) in [7, 11) is 2.72. The van der Waals surface area contributed by atoms with Crippen LogP contribution in [0.2, 0.25) is 0 Å². The van der Waals surface area contributed by atoms with Crippen LogP contribution < -0.4 is 10.2 Å². The van der Waals surface area contributed by atoms with Crippen molar-refractivity contribution >= 4 is 54.8 Å². The smallest absolute Gasteiger partial charge is 0.257 e. The van der Waals surface area contributed by atoms with Crippen molar-refractivity contribution in [2.45, 2.75) is 17.0 Å². The van der Waals surface area contributed by atoms with Crippen molar-refractivity contribution in [2.24, 2.45) is 0 Å². The standard InChI is InChI=1S/C26H26FIN5O2P/c1-16-9-21(27)22(31-25(34)17-10-19(14-29-13-17)26(2,28)36)12-20(16)18-11-23(32-5-7-35-8-6-32)24-30-3-4-33(24)15-18/h3-4,9-15H,5-8,36H2,1-2H3,(H,31,34). The van der Waals surface area contributed by atoms with Crippen LogP contribution in [0.15, 0.2) is 55.2 Å². The molecule has 1 saturated heterocycles. The van der Waals surface area contributed by atoms with Crippen LogP contribution in [0.5, 0.6) is 0 Å². The highest BCUT2D eigenvalue weighted by atomic mass is 127. The average Bonchev–Trinajstić information content (AvgIpc) is 3.34. The molecule has 0 saturated carbocycles. The quantitative estimate of drug-likeness (QED) is 0.184. The van der Waals surface area contributed by atoms with Crippen LogP contribution in [0.1, 0.15) is 28.4 Å².